The molecule has 1 aliphatic carbocycles. The van der Waals surface area contributed by atoms with E-state index in [9.17, 15) is 30.7 Å². The van der Waals surface area contributed by atoms with Gasteiger partial charge >= 0.3 is 12.3 Å². The maximum Gasteiger partial charge on any atom is 0.422 e. The molecule has 1 aliphatic rings. The van der Waals surface area contributed by atoms with Crippen LogP contribution in [0.1, 0.15) is 73.6 Å². The summed E-state index contributed by atoms with van der Waals surface area (Å²) in [5, 5.41) is 0. The number of alkyl halides is 5. The predicted octanol–water partition coefficient (Wildman–Crippen LogP) is 8.92. The van der Waals surface area contributed by atoms with E-state index in [1.165, 1.54) is 18.6 Å². The van der Waals surface area contributed by atoms with Gasteiger partial charge in [0.1, 0.15) is 17.2 Å². The average molecular weight is 503 g/mol. The molecule has 3 rings (SSSR count). The fourth-order valence-corrected chi connectivity index (χ4v) is 4.65. The van der Waals surface area contributed by atoms with E-state index in [0.717, 1.165) is 37.7 Å². The lowest BCUT2D eigenvalue weighted by Crippen LogP contribution is -2.20. The Kier molecular flexibility index (Phi) is 9.02. The minimum absolute atomic E-state index is 0.208. The highest BCUT2D eigenvalue weighted by molar-refractivity contribution is 5.29. The Hall–Kier alpha value is -2.35. The molecular formula is C27H29F7O. The number of ether oxygens (including phenoxy) is 1. The van der Waals surface area contributed by atoms with Crippen LogP contribution in [0.2, 0.25) is 0 Å². The molecular weight excluding hydrogens is 473 g/mol. The average Bonchev–Trinajstić information content (AvgIpc) is 2.78. The largest absolute Gasteiger partial charge is 0.422 e. The van der Waals surface area contributed by atoms with Gasteiger partial charge in [-0.25, -0.2) is 8.78 Å². The van der Waals surface area contributed by atoms with Gasteiger partial charge in [-0.05, 0) is 87.0 Å². The summed E-state index contributed by atoms with van der Waals surface area (Å²) in [5.41, 5.74) is -1.56. The van der Waals surface area contributed by atoms with E-state index in [0.29, 0.717) is 24.0 Å². The molecule has 0 aliphatic heterocycles. The monoisotopic (exact) mass is 502 g/mol. The summed E-state index contributed by atoms with van der Waals surface area (Å²) in [4.78, 5) is 0. The van der Waals surface area contributed by atoms with Crippen LogP contribution in [0, 0.1) is 17.6 Å². The zero-order chi connectivity index (χ0) is 25.6. The number of halogens is 7. The first-order valence-electron chi connectivity index (χ1n) is 11.8. The van der Waals surface area contributed by atoms with Gasteiger partial charge in [-0.1, -0.05) is 36.4 Å². The first-order chi connectivity index (χ1) is 16.5. The van der Waals surface area contributed by atoms with Crippen molar-refractivity contribution in [1.82, 2.24) is 0 Å². The van der Waals surface area contributed by atoms with Crippen LogP contribution >= 0.6 is 0 Å². The maximum atomic E-state index is 14.5. The number of hydrogen-bond acceptors (Lipinski definition) is 1. The summed E-state index contributed by atoms with van der Waals surface area (Å²) in [5.74, 6) is -2.55. The molecule has 2 aromatic rings. The molecule has 0 atom stereocenters. The lowest BCUT2D eigenvalue weighted by atomic mass is 9.77. The van der Waals surface area contributed by atoms with Gasteiger partial charge in [0.05, 0.1) is 12.2 Å². The molecule has 0 N–H and O–H groups in total. The molecule has 0 saturated heterocycles. The van der Waals surface area contributed by atoms with Crippen LogP contribution in [-0.2, 0) is 23.4 Å². The van der Waals surface area contributed by atoms with Gasteiger partial charge in [-0.3, -0.25) is 0 Å². The molecule has 2 aromatic carbocycles. The highest BCUT2D eigenvalue weighted by Gasteiger charge is 2.38. The van der Waals surface area contributed by atoms with Crippen molar-refractivity contribution in [1.29, 1.82) is 0 Å². The zero-order valence-electron chi connectivity index (χ0n) is 19.5. The Labute approximate surface area is 201 Å². The molecule has 0 heterocycles. The molecule has 0 radical (unpaired) electrons. The molecule has 0 aromatic heterocycles. The second-order valence-corrected chi connectivity index (χ2v) is 9.03. The fourth-order valence-electron chi connectivity index (χ4n) is 4.65. The second kappa shape index (κ2) is 11.6. The summed E-state index contributed by atoms with van der Waals surface area (Å²) in [7, 11) is 0. The van der Waals surface area contributed by atoms with Crippen molar-refractivity contribution in [2.75, 3.05) is 6.61 Å². The fraction of sp³-hybridized carbons (Fsp3) is 0.481. The smallest absolute Gasteiger partial charge is 0.316 e. The van der Waals surface area contributed by atoms with E-state index in [2.05, 4.69) is 16.9 Å². The van der Waals surface area contributed by atoms with E-state index < -0.39 is 36.1 Å². The SMILES string of the molecule is CC=CCCC1CCC(c2ccc(C(F)(F)OCCc3cc(F)c(C(F)(F)F)c(F)c3)cc2)CC1. The summed E-state index contributed by atoms with van der Waals surface area (Å²) in [6, 6.07) is 6.95. The summed E-state index contributed by atoms with van der Waals surface area (Å²) < 4.78 is 98.9. The number of rotatable bonds is 9. The summed E-state index contributed by atoms with van der Waals surface area (Å²) in [6.07, 6.45) is 1.55. The molecule has 0 amide bonds. The van der Waals surface area contributed by atoms with Crippen LogP contribution in [-0.4, -0.2) is 6.61 Å². The molecule has 192 valence electrons. The third-order valence-corrected chi connectivity index (χ3v) is 6.60. The maximum absolute atomic E-state index is 14.5. The quantitative estimate of drug-likeness (QED) is 0.246. The van der Waals surface area contributed by atoms with Crippen LogP contribution in [0.3, 0.4) is 0 Å². The van der Waals surface area contributed by atoms with Crippen LogP contribution in [0.5, 0.6) is 0 Å². The minimum atomic E-state index is -5.19. The summed E-state index contributed by atoms with van der Waals surface area (Å²) in [6.45, 7) is 1.38. The van der Waals surface area contributed by atoms with Crippen molar-refractivity contribution in [3.05, 3.63) is 82.4 Å². The molecule has 0 spiro atoms. The van der Waals surface area contributed by atoms with Gasteiger partial charge in [0.15, 0.2) is 0 Å². The Balaban J connectivity index is 1.53. The van der Waals surface area contributed by atoms with E-state index in [1.54, 1.807) is 12.1 Å². The highest BCUT2D eigenvalue weighted by atomic mass is 19.4. The van der Waals surface area contributed by atoms with Crippen LogP contribution in [0.25, 0.3) is 0 Å². The number of benzene rings is 2. The first-order valence-corrected chi connectivity index (χ1v) is 11.8. The van der Waals surface area contributed by atoms with Crippen molar-refractivity contribution >= 4 is 0 Å². The Bertz CT molecular complexity index is 965. The lowest BCUT2D eigenvalue weighted by Gasteiger charge is -2.29. The van der Waals surface area contributed by atoms with E-state index in [4.69, 9.17) is 0 Å². The van der Waals surface area contributed by atoms with Gasteiger partial charge < -0.3 is 4.74 Å². The topological polar surface area (TPSA) is 9.23 Å². The Morgan fingerprint density at radius 3 is 2.06 bits per heavy atom. The Morgan fingerprint density at radius 2 is 1.51 bits per heavy atom. The van der Waals surface area contributed by atoms with Gasteiger partial charge in [0.2, 0.25) is 0 Å². The zero-order valence-corrected chi connectivity index (χ0v) is 19.5. The molecule has 0 unspecified atom stereocenters. The van der Waals surface area contributed by atoms with Crippen LogP contribution < -0.4 is 0 Å². The molecule has 0 bridgehead atoms. The van der Waals surface area contributed by atoms with Crippen LogP contribution in [0.15, 0.2) is 48.6 Å². The highest BCUT2D eigenvalue weighted by Crippen LogP contribution is 2.39. The van der Waals surface area contributed by atoms with Gasteiger partial charge in [-0.2, -0.15) is 22.0 Å². The van der Waals surface area contributed by atoms with Gasteiger partial charge in [-0.15, -0.1) is 0 Å². The minimum Gasteiger partial charge on any atom is -0.316 e. The standard InChI is InChI=1S/C27H29F7O/c1-2-3-4-5-18-6-8-20(9-7-18)21-10-12-22(13-11-21)27(33,34)35-15-14-19-16-23(28)25(24(29)17-19)26(30,31)32/h2-3,10-13,16-18,20H,4-9,14-15H2,1H3. The summed E-state index contributed by atoms with van der Waals surface area (Å²) >= 11 is 0. The first kappa shape index (κ1) is 27.2. The third kappa shape index (κ3) is 7.32. The van der Waals surface area contributed by atoms with Gasteiger partial charge in [0, 0.05) is 0 Å². The third-order valence-electron chi connectivity index (χ3n) is 6.60. The number of allylic oxidation sites excluding steroid dienone is 2. The van der Waals surface area contributed by atoms with Crippen molar-refractivity contribution < 1.29 is 35.5 Å². The molecule has 1 nitrogen and oxygen atoms in total. The molecule has 1 fully saturated rings. The molecule has 8 heteroatoms. The molecule has 1 saturated carbocycles. The van der Waals surface area contributed by atoms with Crippen molar-refractivity contribution in [3.8, 4) is 0 Å². The second-order valence-electron chi connectivity index (χ2n) is 9.03. The van der Waals surface area contributed by atoms with Crippen molar-refractivity contribution in [2.24, 2.45) is 5.92 Å². The molecule has 35 heavy (non-hydrogen) atoms. The van der Waals surface area contributed by atoms with E-state index in [1.807, 2.05) is 6.92 Å². The van der Waals surface area contributed by atoms with Crippen molar-refractivity contribution in [2.45, 2.75) is 70.1 Å². The van der Waals surface area contributed by atoms with E-state index >= 15 is 0 Å². The normalized spacial score (nSPS) is 19.4. The van der Waals surface area contributed by atoms with Crippen molar-refractivity contribution in [3.63, 3.8) is 0 Å². The lowest BCUT2D eigenvalue weighted by molar-refractivity contribution is -0.248. The predicted molar refractivity (Wildman–Crippen MR) is 120 cm³/mol. The van der Waals surface area contributed by atoms with Gasteiger partial charge in [0.25, 0.3) is 0 Å². The van der Waals surface area contributed by atoms with E-state index in [-0.39, 0.29) is 17.5 Å². The van der Waals surface area contributed by atoms with Crippen LogP contribution in [0.4, 0.5) is 30.7 Å². The number of hydrogen-bond donors (Lipinski definition) is 0. The Morgan fingerprint density at radius 1 is 0.914 bits per heavy atom.